The molecule has 1 aromatic carbocycles. The average Bonchev–Trinajstić information content (AvgIpc) is 3.08. The fraction of sp³-hybridized carbons (Fsp3) is 0.444. The van der Waals surface area contributed by atoms with Crippen LogP contribution in [0.15, 0.2) is 30.3 Å². The fourth-order valence-electron chi connectivity index (χ4n) is 2.70. The third-order valence-corrected chi connectivity index (χ3v) is 3.81. The van der Waals surface area contributed by atoms with E-state index in [4.69, 9.17) is 9.47 Å². The summed E-state index contributed by atoms with van der Waals surface area (Å²) in [5.41, 5.74) is 0.960. The molecule has 1 atom stereocenters. The largest absolute Gasteiger partial charge is 0.494 e. The van der Waals surface area contributed by atoms with E-state index in [0.717, 1.165) is 54.9 Å². The van der Waals surface area contributed by atoms with E-state index >= 15 is 0 Å². The Morgan fingerprint density at radius 1 is 1.21 bits per heavy atom. The lowest BCUT2D eigenvalue weighted by Crippen LogP contribution is -2.19. The number of benzene rings is 1. The van der Waals surface area contributed by atoms with Crippen LogP contribution in [0, 0.1) is 6.92 Å². The minimum absolute atomic E-state index is 0.280. The molecule has 2 aromatic rings. The highest BCUT2D eigenvalue weighted by atomic mass is 16.5. The van der Waals surface area contributed by atoms with Crippen LogP contribution in [0.1, 0.15) is 25.6 Å². The monoisotopic (exact) mass is 328 g/mol. The van der Waals surface area contributed by atoms with Gasteiger partial charge in [0.2, 0.25) is 0 Å². The van der Waals surface area contributed by atoms with Crippen molar-refractivity contribution in [1.82, 2.24) is 9.97 Å². The molecule has 2 heterocycles. The summed E-state index contributed by atoms with van der Waals surface area (Å²) in [6, 6.07) is 9.75. The number of anilines is 3. The van der Waals surface area contributed by atoms with Gasteiger partial charge in [-0.2, -0.15) is 0 Å². The minimum Gasteiger partial charge on any atom is -0.494 e. The SMILES string of the molecule is CCOc1ccc(Nc2cc(NCC3CCCO3)nc(C)n2)cc1. The highest BCUT2D eigenvalue weighted by molar-refractivity contribution is 5.60. The van der Waals surface area contributed by atoms with Crippen LogP contribution in [-0.2, 0) is 4.74 Å². The van der Waals surface area contributed by atoms with Gasteiger partial charge in [-0.25, -0.2) is 9.97 Å². The summed E-state index contributed by atoms with van der Waals surface area (Å²) in [4.78, 5) is 8.88. The van der Waals surface area contributed by atoms with Gasteiger partial charge in [0.1, 0.15) is 23.2 Å². The number of nitrogens with one attached hydrogen (secondary N) is 2. The Labute approximate surface area is 142 Å². The molecule has 0 saturated carbocycles. The van der Waals surface area contributed by atoms with Crippen molar-refractivity contribution < 1.29 is 9.47 Å². The van der Waals surface area contributed by atoms with E-state index in [1.807, 2.05) is 44.2 Å². The topological polar surface area (TPSA) is 68.3 Å². The van der Waals surface area contributed by atoms with Gasteiger partial charge >= 0.3 is 0 Å². The van der Waals surface area contributed by atoms with E-state index < -0.39 is 0 Å². The molecule has 0 bridgehead atoms. The maximum atomic E-state index is 5.63. The molecule has 128 valence electrons. The van der Waals surface area contributed by atoms with Crippen LogP contribution in [0.3, 0.4) is 0 Å². The van der Waals surface area contributed by atoms with Crippen LogP contribution in [-0.4, -0.2) is 35.8 Å². The Balaban J connectivity index is 1.64. The maximum Gasteiger partial charge on any atom is 0.136 e. The molecule has 6 nitrogen and oxygen atoms in total. The van der Waals surface area contributed by atoms with Gasteiger partial charge in [-0.3, -0.25) is 0 Å². The van der Waals surface area contributed by atoms with Crippen molar-refractivity contribution in [3.05, 3.63) is 36.2 Å². The smallest absolute Gasteiger partial charge is 0.136 e. The molecule has 1 unspecified atom stereocenters. The highest BCUT2D eigenvalue weighted by Gasteiger charge is 2.15. The Bertz CT molecular complexity index is 655. The number of hydrogen-bond acceptors (Lipinski definition) is 6. The normalized spacial score (nSPS) is 16.8. The molecule has 0 spiro atoms. The second kappa shape index (κ2) is 7.97. The van der Waals surface area contributed by atoms with Crippen molar-refractivity contribution in [1.29, 1.82) is 0 Å². The van der Waals surface area contributed by atoms with Gasteiger partial charge < -0.3 is 20.1 Å². The minimum atomic E-state index is 0.280. The summed E-state index contributed by atoms with van der Waals surface area (Å²) in [6.07, 6.45) is 2.52. The van der Waals surface area contributed by atoms with Crippen molar-refractivity contribution in [2.45, 2.75) is 32.8 Å². The zero-order chi connectivity index (χ0) is 16.8. The molecule has 1 aliphatic rings. The van der Waals surface area contributed by atoms with E-state index in [-0.39, 0.29) is 6.10 Å². The molecule has 0 aliphatic carbocycles. The maximum absolute atomic E-state index is 5.63. The third kappa shape index (κ3) is 4.58. The number of aryl methyl sites for hydroxylation is 1. The van der Waals surface area contributed by atoms with Gasteiger partial charge in [-0.05, 0) is 51.0 Å². The van der Waals surface area contributed by atoms with Gasteiger partial charge in [0.25, 0.3) is 0 Å². The summed E-state index contributed by atoms with van der Waals surface area (Å²) in [7, 11) is 0. The van der Waals surface area contributed by atoms with Crippen LogP contribution >= 0.6 is 0 Å². The average molecular weight is 328 g/mol. The van der Waals surface area contributed by atoms with Crippen molar-refractivity contribution in [3.8, 4) is 5.75 Å². The molecular formula is C18H24N4O2. The molecule has 3 rings (SSSR count). The molecule has 1 saturated heterocycles. The Morgan fingerprint density at radius 3 is 2.71 bits per heavy atom. The molecule has 0 radical (unpaired) electrons. The zero-order valence-corrected chi connectivity index (χ0v) is 14.2. The van der Waals surface area contributed by atoms with Gasteiger partial charge in [0.05, 0.1) is 12.7 Å². The van der Waals surface area contributed by atoms with Crippen LogP contribution in [0.5, 0.6) is 5.75 Å². The molecule has 0 amide bonds. The standard InChI is InChI=1S/C18H24N4O2/c1-3-23-15-8-6-14(7-9-15)22-18-11-17(20-13(2)21-18)19-12-16-5-4-10-24-16/h6-9,11,16H,3-5,10,12H2,1-2H3,(H2,19,20,21,22). The molecule has 1 aliphatic heterocycles. The van der Waals surface area contributed by atoms with Crippen LogP contribution < -0.4 is 15.4 Å². The first kappa shape index (κ1) is 16.5. The Kier molecular flexibility index (Phi) is 5.48. The fourth-order valence-corrected chi connectivity index (χ4v) is 2.70. The molecule has 24 heavy (non-hydrogen) atoms. The van der Waals surface area contributed by atoms with Crippen molar-refractivity contribution in [3.63, 3.8) is 0 Å². The third-order valence-electron chi connectivity index (χ3n) is 3.81. The number of rotatable bonds is 7. The van der Waals surface area contributed by atoms with Gasteiger partial charge in [-0.15, -0.1) is 0 Å². The first-order valence-corrected chi connectivity index (χ1v) is 8.44. The summed E-state index contributed by atoms with van der Waals surface area (Å²) >= 11 is 0. The number of ether oxygens (including phenoxy) is 2. The second-order valence-electron chi connectivity index (χ2n) is 5.78. The lowest BCUT2D eigenvalue weighted by Gasteiger charge is -2.13. The first-order chi connectivity index (χ1) is 11.7. The number of hydrogen-bond donors (Lipinski definition) is 2. The van der Waals surface area contributed by atoms with Crippen molar-refractivity contribution in [2.75, 3.05) is 30.4 Å². The Morgan fingerprint density at radius 2 is 2.00 bits per heavy atom. The van der Waals surface area contributed by atoms with Crippen LogP contribution in [0.2, 0.25) is 0 Å². The van der Waals surface area contributed by atoms with Crippen molar-refractivity contribution >= 4 is 17.3 Å². The second-order valence-corrected chi connectivity index (χ2v) is 5.78. The summed E-state index contributed by atoms with van der Waals surface area (Å²) in [5, 5.41) is 6.65. The van der Waals surface area contributed by atoms with Gasteiger partial charge in [0.15, 0.2) is 0 Å². The molecule has 2 N–H and O–H groups in total. The number of aromatic nitrogens is 2. The van der Waals surface area contributed by atoms with Crippen LogP contribution in [0.25, 0.3) is 0 Å². The highest BCUT2D eigenvalue weighted by Crippen LogP contribution is 2.21. The van der Waals surface area contributed by atoms with Crippen LogP contribution in [0.4, 0.5) is 17.3 Å². The van der Waals surface area contributed by atoms with E-state index in [1.165, 1.54) is 0 Å². The number of nitrogens with zero attached hydrogens (tertiary/aromatic N) is 2. The predicted octanol–water partition coefficient (Wildman–Crippen LogP) is 3.52. The lowest BCUT2D eigenvalue weighted by molar-refractivity contribution is 0.120. The quantitative estimate of drug-likeness (QED) is 0.810. The summed E-state index contributed by atoms with van der Waals surface area (Å²) in [6.45, 7) is 6.16. The first-order valence-electron chi connectivity index (χ1n) is 8.44. The zero-order valence-electron chi connectivity index (χ0n) is 14.2. The van der Waals surface area contributed by atoms with E-state index in [1.54, 1.807) is 0 Å². The molecule has 1 aromatic heterocycles. The van der Waals surface area contributed by atoms with E-state index in [9.17, 15) is 0 Å². The van der Waals surface area contributed by atoms with Crippen molar-refractivity contribution in [2.24, 2.45) is 0 Å². The van der Waals surface area contributed by atoms with Gasteiger partial charge in [0, 0.05) is 24.9 Å². The molecule has 6 heteroatoms. The van der Waals surface area contributed by atoms with E-state index in [2.05, 4.69) is 20.6 Å². The Hall–Kier alpha value is -2.34. The summed E-state index contributed by atoms with van der Waals surface area (Å²) < 4.78 is 11.1. The molecule has 1 fully saturated rings. The predicted molar refractivity (Wildman–Crippen MR) is 95.1 cm³/mol. The summed E-state index contributed by atoms with van der Waals surface area (Å²) in [5.74, 6) is 3.16. The van der Waals surface area contributed by atoms with Gasteiger partial charge in [-0.1, -0.05) is 0 Å². The lowest BCUT2D eigenvalue weighted by atomic mass is 10.2. The molecular weight excluding hydrogens is 304 g/mol. The van der Waals surface area contributed by atoms with E-state index in [0.29, 0.717) is 6.61 Å².